The summed E-state index contributed by atoms with van der Waals surface area (Å²) in [5.41, 5.74) is 2.98. The lowest BCUT2D eigenvalue weighted by Crippen LogP contribution is -2.58. The highest BCUT2D eigenvalue weighted by molar-refractivity contribution is 6.14. The smallest absolute Gasteiger partial charge is 0.0833 e. The highest BCUT2D eigenvalue weighted by atomic mass is 16.5. The SMILES string of the molecule is CC.CC.[B]C(C)(C)C/C(C)=C(\CC)N(C)C1(C)COC1. The molecule has 1 aliphatic rings. The number of nitrogens with zero attached hydrogens (tertiary/aromatic N) is 1. The van der Waals surface area contributed by atoms with Gasteiger partial charge in [0, 0.05) is 12.7 Å². The summed E-state index contributed by atoms with van der Waals surface area (Å²) >= 11 is 0. The maximum Gasteiger partial charge on any atom is 0.0833 e. The highest BCUT2D eigenvalue weighted by Crippen LogP contribution is 2.34. The molecule has 3 heteroatoms. The van der Waals surface area contributed by atoms with Crippen molar-refractivity contribution in [3.8, 4) is 0 Å². The summed E-state index contributed by atoms with van der Waals surface area (Å²) in [6, 6.07) is 0. The summed E-state index contributed by atoms with van der Waals surface area (Å²) in [6.45, 7) is 20.5. The van der Waals surface area contributed by atoms with E-state index in [0.717, 1.165) is 26.1 Å². The summed E-state index contributed by atoms with van der Waals surface area (Å²) in [5, 5.41) is -0.137. The molecule has 2 nitrogen and oxygen atoms in total. The summed E-state index contributed by atoms with van der Waals surface area (Å²) < 4.78 is 5.35. The molecule has 0 N–H and O–H groups in total. The summed E-state index contributed by atoms with van der Waals surface area (Å²) in [7, 11) is 8.28. The second-order valence-electron chi connectivity index (χ2n) is 6.29. The number of hydrogen-bond donors (Lipinski definition) is 0. The molecule has 124 valence electrons. The first-order chi connectivity index (χ1) is 9.69. The predicted octanol–water partition coefficient (Wildman–Crippen LogP) is 5.20. The average Bonchev–Trinajstić information content (AvgIpc) is 2.39. The quantitative estimate of drug-likeness (QED) is 0.646. The zero-order valence-electron chi connectivity index (χ0n) is 16.3. The second-order valence-corrected chi connectivity index (χ2v) is 6.29. The molecule has 21 heavy (non-hydrogen) atoms. The van der Waals surface area contributed by atoms with Gasteiger partial charge in [-0.25, -0.2) is 0 Å². The lowest BCUT2D eigenvalue weighted by atomic mass is 9.68. The molecule has 1 rings (SSSR count). The van der Waals surface area contributed by atoms with Crippen LogP contribution >= 0.6 is 0 Å². The van der Waals surface area contributed by atoms with Crippen LogP contribution in [0, 0.1) is 0 Å². The molecule has 0 aromatic heterocycles. The zero-order chi connectivity index (χ0) is 17.3. The second kappa shape index (κ2) is 10.3. The maximum absolute atomic E-state index is 6.11. The van der Waals surface area contributed by atoms with Gasteiger partial charge in [-0.1, -0.05) is 59.4 Å². The van der Waals surface area contributed by atoms with E-state index in [-0.39, 0.29) is 10.9 Å². The van der Waals surface area contributed by atoms with Gasteiger partial charge in [-0.05, 0) is 26.7 Å². The third-order valence-electron chi connectivity index (χ3n) is 3.59. The minimum absolute atomic E-state index is 0.137. The van der Waals surface area contributed by atoms with Crippen LogP contribution < -0.4 is 0 Å². The summed E-state index contributed by atoms with van der Waals surface area (Å²) in [4.78, 5) is 2.39. The van der Waals surface area contributed by atoms with Crippen molar-refractivity contribution >= 4 is 7.85 Å². The molecule has 0 aromatic carbocycles. The molecule has 1 aliphatic heterocycles. The molecule has 0 bridgehead atoms. The Morgan fingerprint density at radius 1 is 1.19 bits per heavy atom. The van der Waals surface area contributed by atoms with Crippen LogP contribution in [0.4, 0.5) is 0 Å². The van der Waals surface area contributed by atoms with Crippen molar-refractivity contribution in [3.05, 3.63) is 11.3 Å². The van der Waals surface area contributed by atoms with Crippen molar-refractivity contribution in [2.75, 3.05) is 20.3 Å². The predicted molar refractivity (Wildman–Crippen MR) is 97.1 cm³/mol. The van der Waals surface area contributed by atoms with Gasteiger partial charge in [-0.2, -0.15) is 0 Å². The van der Waals surface area contributed by atoms with E-state index in [4.69, 9.17) is 12.6 Å². The number of likely N-dealkylation sites (N-methyl/N-ethyl adjacent to an activating group) is 1. The van der Waals surface area contributed by atoms with Gasteiger partial charge in [0.1, 0.15) is 0 Å². The third kappa shape index (κ3) is 7.40. The van der Waals surface area contributed by atoms with E-state index in [1.54, 1.807) is 0 Å². The zero-order valence-corrected chi connectivity index (χ0v) is 16.3. The Morgan fingerprint density at radius 3 is 1.86 bits per heavy atom. The molecule has 1 fully saturated rings. The van der Waals surface area contributed by atoms with Gasteiger partial charge in [0.05, 0.1) is 26.6 Å². The van der Waals surface area contributed by atoms with E-state index >= 15 is 0 Å². The van der Waals surface area contributed by atoms with Crippen molar-refractivity contribution < 1.29 is 4.74 Å². The van der Waals surface area contributed by atoms with Crippen molar-refractivity contribution in [2.24, 2.45) is 0 Å². The van der Waals surface area contributed by atoms with E-state index < -0.39 is 0 Å². The maximum atomic E-state index is 6.11. The van der Waals surface area contributed by atoms with Gasteiger partial charge in [-0.15, -0.1) is 0 Å². The Morgan fingerprint density at radius 2 is 1.62 bits per heavy atom. The van der Waals surface area contributed by atoms with Gasteiger partial charge in [-0.3, -0.25) is 0 Å². The molecule has 0 spiro atoms. The molecule has 0 unspecified atom stereocenters. The van der Waals surface area contributed by atoms with Crippen LogP contribution in [0.15, 0.2) is 11.3 Å². The Labute approximate surface area is 135 Å². The van der Waals surface area contributed by atoms with Crippen LogP contribution in [0.25, 0.3) is 0 Å². The first-order valence-corrected chi connectivity index (χ1v) is 8.49. The molecule has 0 amide bonds. The largest absolute Gasteiger partial charge is 0.376 e. The molecule has 2 radical (unpaired) electrons. The fraction of sp³-hybridized carbons (Fsp3) is 0.889. The number of rotatable bonds is 5. The minimum Gasteiger partial charge on any atom is -0.376 e. The van der Waals surface area contributed by atoms with Gasteiger partial charge in [0.15, 0.2) is 0 Å². The first kappa shape index (κ1) is 22.8. The van der Waals surface area contributed by atoms with Gasteiger partial charge >= 0.3 is 0 Å². The van der Waals surface area contributed by atoms with Gasteiger partial charge < -0.3 is 9.64 Å². The highest BCUT2D eigenvalue weighted by Gasteiger charge is 2.38. The lowest BCUT2D eigenvalue weighted by Gasteiger charge is -2.48. The van der Waals surface area contributed by atoms with Crippen molar-refractivity contribution in [2.45, 2.75) is 86.0 Å². The Hall–Kier alpha value is -0.435. The Kier molecular flexibility index (Phi) is 11.2. The molecule has 0 atom stereocenters. The van der Waals surface area contributed by atoms with Crippen LogP contribution in [0.1, 0.15) is 75.2 Å². The normalized spacial score (nSPS) is 17.2. The van der Waals surface area contributed by atoms with Gasteiger partial charge in [0.2, 0.25) is 0 Å². The Bertz CT molecular complexity index is 301. The topological polar surface area (TPSA) is 12.5 Å². The number of hydrogen-bond acceptors (Lipinski definition) is 2. The average molecular weight is 295 g/mol. The van der Waals surface area contributed by atoms with Crippen LogP contribution in [-0.4, -0.2) is 38.5 Å². The summed E-state index contributed by atoms with van der Waals surface area (Å²) in [5.74, 6) is 0. The van der Waals surface area contributed by atoms with Crippen LogP contribution in [0.2, 0.25) is 5.31 Å². The minimum atomic E-state index is -0.137. The van der Waals surface area contributed by atoms with E-state index in [1.807, 2.05) is 27.7 Å². The number of allylic oxidation sites excluding steroid dienone is 2. The molecule has 1 saturated heterocycles. The van der Waals surface area contributed by atoms with Crippen molar-refractivity contribution in [1.29, 1.82) is 0 Å². The summed E-state index contributed by atoms with van der Waals surface area (Å²) in [6.07, 6.45) is 1.99. The Balaban J connectivity index is 0. The molecule has 0 aliphatic carbocycles. The number of ether oxygens (including phenoxy) is 1. The molecular formula is C18H38BNO. The van der Waals surface area contributed by atoms with E-state index in [9.17, 15) is 0 Å². The van der Waals surface area contributed by atoms with Crippen molar-refractivity contribution in [1.82, 2.24) is 4.90 Å². The lowest BCUT2D eigenvalue weighted by molar-refractivity contribution is -0.111. The van der Waals surface area contributed by atoms with E-state index in [0.29, 0.717) is 0 Å². The fourth-order valence-electron chi connectivity index (χ4n) is 2.53. The monoisotopic (exact) mass is 295 g/mol. The van der Waals surface area contributed by atoms with E-state index in [2.05, 4.69) is 46.6 Å². The van der Waals surface area contributed by atoms with Crippen molar-refractivity contribution in [3.63, 3.8) is 0 Å². The molecular weight excluding hydrogens is 257 g/mol. The van der Waals surface area contributed by atoms with E-state index in [1.165, 1.54) is 11.3 Å². The molecule has 0 saturated carbocycles. The van der Waals surface area contributed by atoms with Crippen LogP contribution in [-0.2, 0) is 4.74 Å². The molecule has 0 aromatic rings. The third-order valence-corrected chi connectivity index (χ3v) is 3.59. The standard InChI is InChI=1S/C14H26BNO.2C2H6/c1-7-12(11(2)8-13(3,4)15)16(6)14(5)9-17-10-14;2*1-2/h7-10H2,1-6H3;2*1-2H3/b12-11+;;. The fourth-order valence-corrected chi connectivity index (χ4v) is 2.53. The molecule has 1 heterocycles. The van der Waals surface area contributed by atoms with Crippen LogP contribution in [0.3, 0.4) is 0 Å². The first-order valence-electron chi connectivity index (χ1n) is 8.49. The van der Waals surface area contributed by atoms with Gasteiger partial charge in [0.25, 0.3) is 0 Å². The van der Waals surface area contributed by atoms with Crippen LogP contribution in [0.5, 0.6) is 0 Å².